The summed E-state index contributed by atoms with van der Waals surface area (Å²) in [6.07, 6.45) is 0. The number of aromatic nitrogens is 2. The van der Waals surface area contributed by atoms with E-state index in [1.807, 2.05) is 41.0 Å². The van der Waals surface area contributed by atoms with Gasteiger partial charge >= 0.3 is 0 Å². The maximum Gasteiger partial charge on any atom is 0.263 e. The SMILES string of the molecule is Cc1ccc(Cn2c(=N)n(Cc3ccc(Cl)cc3)c(=O)c3ccccc32)cc1. The number of fused-ring (bicyclic) bond motifs is 1. The maximum atomic E-state index is 13.1. The molecule has 1 heterocycles. The standard InChI is InChI=1S/C23H20ClN3O/c1-16-6-8-17(9-7-16)14-26-21-5-3-2-4-20(21)22(28)27(23(26)25)15-18-10-12-19(24)13-11-18/h2-13,25H,14-15H2,1H3. The second-order valence-corrected chi connectivity index (χ2v) is 7.37. The average molecular weight is 390 g/mol. The lowest BCUT2D eigenvalue weighted by atomic mass is 10.1. The van der Waals surface area contributed by atoms with Crippen molar-refractivity contribution in [2.45, 2.75) is 20.0 Å². The van der Waals surface area contributed by atoms with Crippen LogP contribution in [-0.4, -0.2) is 9.13 Å². The largest absolute Gasteiger partial charge is 0.307 e. The van der Waals surface area contributed by atoms with Crippen molar-refractivity contribution >= 4 is 22.5 Å². The molecule has 0 saturated heterocycles. The van der Waals surface area contributed by atoms with Crippen LogP contribution in [0.2, 0.25) is 5.02 Å². The minimum Gasteiger partial charge on any atom is -0.307 e. The fourth-order valence-corrected chi connectivity index (χ4v) is 3.47. The van der Waals surface area contributed by atoms with Crippen molar-refractivity contribution in [1.29, 1.82) is 5.41 Å². The van der Waals surface area contributed by atoms with Crippen molar-refractivity contribution in [2.75, 3.05) is 0 Å². The van der Waals surface area contributed by atoms with Gasteiger partial charge in [0.2, 0.25) is 5.62 Å². The summed E-state index contributed by atoms with van der Waals surface area (Å²) >= 11 is 5.97. The molecule has 3 aromatic carbocycles. The van der Waals surface area contributed by atoms with Crippen LogP contribution in [-0.2, 0) is 13.1 Å². The van der Waals surface area contributed by atoms with Gasteiger partial charge in [-0.3, -0.25) is 14.8 Å². The molecule has 5 heteroatoms. The molecule has 0 spiro atoms. The molecule has 28 heavy (non-hydrogen) atoms. The third-order valence-corrected chi connectivity index (χ3v) is 5.15. The van der Waals surface area contributed by atoms with Crippen LogP contribution >= 0.6 is 11.6 Å². The minimum atomic E-state index is -0.157. The van der Waals surface area contributed by atoms with E-state index in [-0.39, 0.29) is 11.2 Å². The van der Waals surface area contributed by atoms with Gasteiger partial charge < -0.3 is 4.57 Å². The van der Waals surface area contributed by atoms with Crippen LogP contribution in [0, 0.1) is 12.3 Å². The van der Waals surface area contributed by atoms with Crippen LogP contribution in [0.25, 0.3) is 10.9 Å². The molecule has 0 unspecified atom stereocenters. The number of hydrogen-bond donors (Lipinski definition) is 1. The highest BCUT2D eigenvalue weighted by Gasteiger charge is 2.11. The van der Waals surface area contributed by atoms with Crippen molar-refractivity contribution in [2.24, 2.45) is 0 Å². The van der Waals surface area contributed by atoms with Crippen LogP contribution < -0.4 is 11.2 Å². The summed E-state index contributed by atoms with van der Waals surface area (Å²) in [6.45, 7) is 2.91. The first kappa shape index (κ1) is 18.3. The second-order valence-electron chi connectivity index (χ2n) is 6.93. The van der Waals surface area contributed by atoms with E-state index in [9.17, 15) is 4.79 Å². The first-order valence-electron chi connectivity index (χ1n) is 9.10. The van der Waals surface area contributed by atoms with Crippen molar-refractivity contribution in [1.82, 2.24) is 9.13 Å². The summed E-state index contributed by atoms with van der Waals surface area (Å²) in [4.78, 5) is 13.1. The fourth-order valence-electron chi connectivity index (χ4n) is 3.35. The topological polar surface area (TPSA) is 50.8 Å². The summed E-state index contributed by atoms with van der Waals surface area (Å²) < 4.78 is 3.40. The van der Waals surface area contributed by atoms with E-state index in [1.54, 1.807) is 12.1 Å². The lowest BCUT2D eigenvalue weighted by molar-refractivity contribution is 0.603. The van der Waals surface area contributed by atoms with E-state index < -0.39 is 0 Å². The van der Waals surface area contributed by atoms with Gasteiger partial charge in [-0.2, -0.15) is 0 Å². The van der Waals surface area contributed by atoms with Crippen LogP contribution in [0.5, 0.6) is 0 Å². The average Bonchev–Trinajstić information content (AvgIpc) is 2.71. The number of hydrogen-bond acceptors (Lipinski definition) is 2. The molecular formula is C23H20ClN3O. The quantitative estimate of drug-likeness (QED) is 0.554. The van der Waals surface area contributed by atoms with Gasteiger partial charge in [0.05, 0.1) is 24.0 Å². The van der Waals surface area contributed by atoms with Crippen molar-refractivity contribution < 1.29 is 0 Å². The Bertz CT molecular complexity index is 1250. The summed E-state index contributed by atoms with van der Waals surface area (Å²) in [5.41, 5.74) is 4.00. The molecule has 0 bridgehead atoms. The molecule has 0 fully saturated rings. The molecule has 0 aliphatic rings. The smallest absolute Gasteiger partial charge is 0.263 e. The van der Waals surface area contributed by atoms with E-state index in [1.165, 1.54) is 10.1 Å². The summed E-state index contributed by atoms with van der Waals surface area (Å²) in [7, 11) is 0. The highest BCUT2D eigenvalue weighted by molar-refractivity contribution is 6.30. The van der Waals surface area contributed by atoms with Crippen molar-refractivity contribution in [3.05, 3.63) is 110 Å². The maximum absolute atomic E-state index is 13.1. The number of para-hydroxylation sites is 1. The predicted octanol–water partition coefficient (Wildman–Crippen LogP) is 4.34. The summed E-state index contributed by atoms with van der Waals surface area (Å²) in [5.74, 6) is 0. The van der Waals surface area contributed by atoms with E-state index in [4.69, 9.17) is 17.0 Å². The normalized spacial score (nSPS) is 11.1. The van der Waals surface area contributed by atoms with Crippen LogP contribution in [0.15, 0.2) is 77.6 Å². The Balaban J connectivity index is 1.88. The Morgan fingerprint density at radius 1 is 0.821 bits per heavy atom. The Hall–Kier alpha value is -3.11. The predicted molar refractivity (Wildman–Crippen MR) is 113 cm³/mol. The number of nitrogens with one attached hydrogen (secondary N) is 1. The monoisotopic (exact) mass is 389 g/mol. The third-order valence-electron chi connectivity index (χ3n) is 4.90. The Labute approximate surface area is 167 Å². The molecule has 140 valence electrons. The van der Waals surface area contributed by atoms with Crippen LogP contribution in [0.3, 0.4) is 0 Å². The summed E-state index contributed by atoms with van der Waals surface area (Å²) in [6, 6.07) is 23.1. The molecule has 1 N–H and O–H groups in total. The fraction of sp³-hybridized carbons (Fsp3) is 0.130. The van der Waals surface area contributed by atoms with Crippen molar-refractivity contribution in [3.63, 3.8) is 0 Å². The molecule has 4 nitrogen and oxygen atoms in total. The van der Waals surface area contributed by atoms with Crippen LogP contribution in [0.4, 0.5) is 0 Å². The molecule has 0 aliphatic heterocycles. The highest BCUT2D eigenvalue weighted by Crippen LogP contribution is 2.13. The van der Waals surface area contributed by atoms with E-state index in [2.05, 4.69) is 31.2 Å². The first-order chi connectivity index (χ1) is 13.5. The first-order valence-corrected chi connectivity index (χ1v) is 9.48. The van der Waals surface area contributed by atoms with Gasteiger partial charge in [0.1, 0.15) is 0 Å². The lowest BCUT2D eigenvalue weighted by Crippen LogP contribution is -2.40. The third kappa shape index (κ3) is 3.51. The zero-order valence-corrected chi connectivity index (χ0v) is 16.3. The molecule has 0 radical (unpaired) electrons. The Morgan fingerprint density at radius 3 is 2.07 bits per heavy atom. The lowest BCUT2D eigenvalue weighted by Gasteiger charge is -2.16. The summed E-state index contributed by atoms with van der Waals surface area (Å²) in [5, 5.41) is 10.0. The molecule has 0 atom stereocenters. The van der Waals surface area contributed by atoms with E-state index >= 15 is 0 Å². The van der Waals surface area contributed by atoms with Gasteiger partial charge in [0.25, 0.3) is 5.56 Å². The van der Waals surface area contributed by atoms with E-state index in [0.717, 1.165) is 16.6 Å². The molecule has 1 aromatic heterocycles. The number of nitrogens with zero attached hydrogens (tertiary/aromatic N) is 2. The molecule has 0 saturated carbocycles. The van der Waals surface area contributed by atoms with Gasteiger partial charge in [-0.15, -0.1) is 0 Å². The number of aryl methyl sites for hydroxylation is 1. The highest BCUT2D eigenvalue weighted by atomic mass is 35.5. The molecular weight excluding hydrogens is 370 g/mol. The molecule has 0 amide bonds. The zero-order valence-electron chi connectivity index (χ0n) is 15.5. The Kier molecular flexibility index (Phi) is 4.88. The van der Waals surface area contributed by atoms with Gasteiger partial charge in [-0.05, 0) is 42.3 Å². The van der Waals surface area contributed by atoms with E-state index in [0.29, 0.717) is 23.5 Å². The number of benzene rings is 3. The number of rotatable bonds is 4. The molecule has 4 aromatic rings. The van der Waals surface area contributed by atoms with Gasteiger partial charge in [-0.1, -0.05) is 65.7 Å². The zero-order chi connectivity index (χ0) is 19.7. The van der Waals surface area contributed by atoms with Crippen molar-refractivity contribution in [3.8, 4) is 0 Å². The van der Waals surface area contributed by atoms with Crippen LogP contribution in [0.1, 0.15) is 16.7 Å². The minimum absolute atomic E-state index is 0.157. The Morgan fingerprint density at radius 2 is 1.39 bits per heavy atom. The molecule has 4 rings (SSSR count). The van der Waals surface area contributed by atoms with Gasteiger partial charge in [-0.25, -0.2) is 0 Å². The van der Waals surface area contributed by atoms with Gasteiger partial charge in [0.15, 0.2) is 0 Å². The number of halogens is 1. The van der Waals surface area contributed by atoms with Gasteiger partial charge in [0, 0.05) is 5.02 Å². The second kappa shape index (κ2) is 7.49. The molecule has 0 aliphatic carbocycles.